The normalized spacial score (nSPS) is 10.8. The molecule has 0 aliphatic carbocycles. The molecule has 0 saturated heterocycles. The van der Waals surface area contributed by atoms with E-state index >= 15 is 0 Å². The maximum absolute atomic E-state index is 11.7. The molecule has 0 saturated carbocycles. The van der Waals surface area contributed by atoms with Crippen LogP contribution in [0.4, 0.5) is 0 Å². The monoisotopic (exact) mass is 314 g/mol. The van der Waals surface area contributed by atoms with Crippen LogP contribution < -0.4 is 5.32 Å². The number of hydrogen-bond donors (Lipinski definition) is 2. The Morgan fingerprint density at radius 1 is 1.38 bits per heavy atom. The van der Waals surface area contributed by atoms with Crippen LogP contribution in [0.25, 0.3) is 0 Å². The van der Waals surface area contributed by atoms with E-state index in [2.05, 4.69) is 15.5 Å². The number of carboxylic acid groups (broad SMARTS) is 1. The Balaban J connectivity index is 2.14. The molecule has 0 unspecified atom stereocenters. The van der Waals surface area contributed by atoms with Crippen LogP contribution in [0, 0.1) is 0 Å². The van der Waals surface area contributed by atoms with Crippen molar-refractivity contribution in [1.29, 1.82) is 0 Å². The van der Waals surface area contributed by atoms with Crippen LogP contribution >= 0.6 is 11.8 Å². The molecule has 1 aromatic heterocycles. The topological polar surface area (TPSA) is 97.1 Å². The van der Waals surface area contributed by atoms with Crippen LogP contribution in [0.1, 0.15) is 45.6 Å². The van der Waals surface area contributed by atoms with Crippen molar-refractivity contribution in [2.24, 2.45) is 0 Å². The van der Waals surface area contributed by atoms with Gasteiger partial charge in [0.05, 0.1) is 5.75 Å². The summed E-state index contributed by atoms with van der Waals surface area (Å²) in [5, 5.41) is 19.9. The highest BCUT2D eigenvalue weighted by Crippen LogP contribution is 2.18. The zero-order valence-electron chi connectivity index (χ0n) is 12.4. The average molecular weight is 314 g/mol. The van der Waals surface area contributed by atoms with Gasteiger partial charge in [-0.05, 0) is 26.7 Å². The predicted molar refractivity (Wildman–Crippen MR) is 80.2 cm³/mol. The van der Waals surface area contributed by atoms with Crippen molar-refractivity contribution >= 4 is 23.6 Å². The summed E-state index contributed by atoms with van der Waals surface area (Å²) in [4.78, 5) is 22.0. The SMILES string of the molecule is CC(C)n1cnnc1SCC(=O)NCCCCCC(=O)O. The van der Waals surface area contributed by atoms with Crippen molar-refractivity contribution in [2.75, 3.05) is 12.3 Å². The van der Waals surface area contributed by atoms with Crippen LogP contribution in [-0.4, -0.2) is 44.0 Å². The van der Waals surface area contributed by atoms with Crippen LogP contribution in [-0.2, 0) is 9.59 Å². The van der Waals surface area contributed by atoms with Gasteiger partial charge in [0.2, 0.25) is 5.91 Å². The lowest BCUT2D eigenvalue weighted by atomic mass is 10.2. The Morgan fingerprint density at radius 3 is 2.81 bits per heavy atom. The van der Waals surface area contributed by atoms with Crippen LogP contribution in [0.3, 0.4) is 0 Å². The highest BCUT2D eigenvalue weighted by molar-refractivity contribution is 7.99. The fraction of sp³-hybridized carbons (Fsp3) is 0.692. The molecule has 21 heavy (non-hydrogen) atoms. The van der Waals surface area contributed by atoms with Gasteiger partial charge < -0.3 is 15.0 Å². The van der Waals surface area contributed by atoms with Gasteiger partial charge in [0, 0.05) is 19.0 Å². The van der Waals surface area contributed by atoms with Crippen LogP contribution in [0.2, 0.25) is 0 Å². The smallest absolute Gasteiger partial charge is 0.303 e. The lowest BCUT2D eigenvalue weighted by Gasteiger charge is -2.09. The molecule has 0 aromatic carbocycles. The summed E-state index contributed by atoms with van der Waals surface area (Å²) in [5.41, 5.74) is 0. The van der Waals surface area contributed by atoms with E-state index in [1.54, 1.807) is 6.33 Å². The van der Waals surface area contributed by atoms with E-state index in [0.717, 1.165) is 18.0 Å². The minimum atomic E-state index is -0.773. The minimum absolute atomic E-state index is 0.0449. The van der Waals surface area contributed by atoms with Crippen LogP contribution in [0.15, 0.2) is 11.5 Å². The molecule has 1 rings (SSSR count). The zero-order valence-corrected chi connectivity index (χ0v) is 13.2. The average Bonchev–Trinajstić information content (AvgIpc) is 2.88. The van der Waals surface area contributed by atoms with E-state index in [0.29, 0.717) is 18.7 Å². The largest absolute Gasteiger partial charge is 0.481 e. The second-order valence-corrected chi connectivity index (χ2v) is 5.90. The quantitative estimate of drug-likeness (QED) is 0.504. The number of nitrogens with one attached hydrogen (secondary N) is 1. The molecular formula is C13H22N4O3S. The number of thioether (sulfide) groups is 1. The molecule has 0 bridgehead atoms. The van der Waals surface area contributed by atoms with Gasteiger partial charge in [0.15, 0.2) is 5.16 Å². The first-order valence-electron chi connectivity index (χ1n) is 7.01. The third-order valence-electron chi connectivity index (χ3n) is 2.82. The minimum Gasteiger partial charge on any atom is -0.481 e. The first kappa shape index (κ1) is 17.5. The Labute approximate surface area is 128 Å². The lowest BCUT2D eigenvalue weighted by Crippen LogP contribution is -2.26. The summed E-state index contributed by atoms with van der Waals surface area (Å²) in [6.07, 6.45) is 4.10. The maximum atomic E-state index is 11.7. The molecule has 118 valence electrons. The molecule has 0 atom stereocenters. The number of carbonyl (C=O) groups is 2. The molecule has 0 spiro atoms. The summed E-state index contributed by atoms with van der Waals surface area (Å²) in [6, 6.07) is 0.264. The number of carbonyl (C=O) groups excluding carboxylic acids is 1. The predicted octanol–water partition coefficient (Wildman–Crippen LogP) is 1.71. The lowest BCUT2D eigenvalue weighted by molar-refractivity contribution is -0.137. The van der Waals surface area contributed by atoms with Crippen molar-refractivity contribution in [1.82, 2.24) is 20.1 Å². The summed E-state index contributed by atoms with van der Waals surface area (Å²) in [7, 11) is 0. The number of carboxylic acids is 1. The molecule has 0 radical (unpaired) electrons. The fourth-order valence-corrected chi connectivity index (χ4v) is 2.55. The van der Waals surface area contributed by atoms with E-state index in [-0.39, 0.29) is 18.4 Å². The van der Waals surface area contributed by atoms with Crippen molar-refractivity contribution < 1.29 is 14.7 Å². The molecular weight excluding hydrogens is 292 g/mol. The van der Waals surface area contributed by atoms with Gasteiger partial charge in [-0.3, -0.25) is 9.59 Å². The maximum Gasteiger partial charge on any atom is 0.303 e. The number of unbranched alkanes of at least 4 members (excludes halogenated alkanes) is 2. The third-order valence-corrected chi connectivity index (χ3v) is 3.78. The van der Waals surface area contributed by atoms with Gasteiger partial charge in [0.25, 0.3) is 0 Å². The van der Waals surface area contributed by atoms with Crippen molar-refractivity contribution in [3.8, 4) is 0 Å². The van der Waals surface area contributed by atoms with Crippen molar-refractivity contribution in [2.45, 2.75) is 50.7 Å². The van der Waals surface area contributed by atoms with E-state index in [1.807, 2.05) is 18.4 Å². The summed E-state index contributed by atoms with van der Waals surface area (Å²) in [5.74, 6) is -0.512. The zero-order chi connectivity index (χ0) is 15.7. The number of amides is 1. The van der Waals surface area contributed by atoms with Gasteiger partial charge in [-0.15, -0.1) is 10.2 Å². The van der Waals surface area contributed by atoms with Gasteiger partial charge in [-0.1, -0.05) is 18.2 Å². The van der Waals surface area contributed by atoms with Crippen molar-refractivity contribution in [3.63, 3.8) is 0 Å². The fourth-order valence-electron chi connectivity index (χ4n) is 1.68. The van der Waals surface area contributed by atoms with Gasteiger partial charge in [0.1, 0.15) is 6.33 Å². The molecule has 0 aliphatic heterocycles. The number of aliphatic carboxylic acids is 1. The number of hydrogen-bond acceptors (Lipinski definition) is 5. The number of aromatic nitrogens is 3. The summed E-state index contributed by atoms with van der Waals surface area (Å²) < 4.78 is 1.92. The third kappa shape index (κ3) is 7.12. The van der Waals surface area contributed by atoms with Gasteiger partial charge in [-0.25, -0.2) is 0 Å². The molecule has 1 amide bonds. The molecule has 1 heterocycles. The first-order chi connectivity index (χ1) is 10.0. The van der Waals surface area contributed by atoms with Crippen molar-refractivity contribution in [3.05, 3.63) is 6.33 Å². The highest BCUT2D eigenvalue weighted by Gasteiger charge is 2.10. The second-order valence-electron chi connectivity index (χ2n) is 4.96. The van der Waals surface area contributed by atoms with Crippen LogP contribution in [0.5, 0.6) is 0 Å². The Hall–Kier alpha value is -1.57. The van der Waals surface area contributed by atoms with E-state index in [4.69, 9.17) is 5.11 Å². The second kappa shape index (κ2) is 9.38. The summed E-state index contributed by atoms with van der Waals surface area (Å²) >= 11 is 1.36. The molecule has 0 fully saturated rings. The summed E-state index contributed by atoms with van der Waals surface area (Å²) in [6.45, 7) is 4.64. The van der Waals surface area contributed by atoms with E-state index in [1.165, 1.54) is 11.8 Å². The van der Waals surface area contributed by atoms with E-state index in [9.17, 15) is 9.59 Å². The van der Waals surface area contributed by atoms with Gasteiger partial charge >= 0.3 is 5.97 Å². The Bertz CT molecular complexity index is 462. The van der Waals surface area contributed by atoms with E-state index < -0.39 is 5.97 Å². The molecule has 1 aromatic rings. The molecule has 7 nitrogen and oxygen atoms in total. The standard InChI is InChI=1S/C13H22N4O3S/c1-10(2)17-9-15-16-13(17)21-8-11(18)14-7-5-3-4-6-12(19)20/h9-10H,3-8H2,1-2H3,(H,14,18)(H,19,20). The highest BCUT2D eigenvalue weighted by atomic mass is 32.2. The first-order valence-corrected chi connectivity index (χ1v) is 8.00. The number of nitrogens with zero attached hydrogens (tertiary/aromatic N) is 3. The Morgan fingerprint density at radius 2 is 2.14 bits per heavy atom. The van der Waals surface area contributed by atoms with Gasteiger partial charge in [-0.2, -0.15) is 0 Å². The molecule has 2 N–H and O–H groups in total. The Kier molecular flexibility index (Phi) is 7.81. The molecule has 8 heteroatoms. The molecule has 0 aliphatic rings. The number of rotatable bonds is 10.